The summed E-state index contributed by atoms with van der Waals surface area (Å²) < 4.78 is 2.35. The van der Waals surface area contributed by atoms with Gasteiger partial charge < -0.3 is 14.8 Å². The molecule has 3 heterocycles. The van der Waals surface area contributed by atoms with Crippen LogP contribution < -0.4 is 5.32 Å². The number of carbonyl (C=O) groups is 1. The van der Waals surface area contributed by atoms with Gasteiger partial charge in [0, 0.05) is 30.9 Å². The molecule has 1 N–H and O–H groups in total. The molecule has 1 saturated heterocycles. The molecule has 1 amide bonds. The van der Waals surface area contributed by atoms with E-state index in [1.165, 1.54) is 24.2 Å². The molecule has 0 radical (unpaired) electrons. The number of amides is 1. The van der Waals surface area contributed by atoms with Crippen LogP contribution in [0.3, 0.4) is 0 Å². The molecule has 2 atom stereocenters. The Balaban J connectivity index is 1.58. The first-order valence-electron chi connectivity index (χ1n) is 8.33. The third kappa shape index (κ3) is 3.00. The largest absolute Gasteiger partial charge is 0.345 e. The van der Waals surface area contributed by atoms with Crippen molar-refractivity contribution in [2.45, 2.75) is 52.1 Å². The van der Waals surface area contributed by atoms with Crippen LogP contribution >= 0.6 is 0 Å². The van der Waals surface area contributed by atoms with Gasteiger partial charge in [-0.15, -0.1) is 0 Å². The van der Waals surface area contributed by atoms with E-state index in [0.29, 0.717) is 18.2 Å². The Kier molecular flexibility index (Phi) is 4.34. The van der Waals surface area contributed by atoms with E-state index in [1.54, 1.807) is 0 Å². The van der Waals surface area contributed by atoms with Crippen LogP contribution in [0.1, 0.15) is 50.0 Å². The van der Waals surface area contributed by atoms with Crippen LogP contribution in [0.2, 0.25) is 0 Å². The number of nitrogens with zero attached hydrogens (tertiary/aromatic N) is 2. The summed E-state index contributed by atoms with van der Waals surface area (Å²) in [6.07, 6.45) is 4.27. The van der Waals surface area contributed by atoms with E-state index in [4.69, 9.17) is 0 Å². The maximum Gasteiger partial charge on any atom is 0.223 e. The highest BCUT2D eigenvalue weighted by Crippen LogP contribution is 2.28. The van der Waals surface area contributed by atoms with Crippen molar-refractivity contribution in [3.8, 4) is 0 Å². The third-order valence-corrected chi connectivity index (χ3v) is 5.18. The SMILES string of the molecule is Cc1ccc2n1CCN(C(=O)CCC1CCCNC1)C2C. The highest BCUT2D eigenvalue weighted by atomic mass is 16.2. The molecule has 1 aromatic rings. The number of aromatic nitrogens is 1. The third-order valence-electron chi connectivity index (χ3n) is 5.18. The Morgan fingerprint density at radius 1 is 1.38 bits per heavy atom. The highest BCUT2D eigenvalue weighted by molar-refractivity contribution is 5.76. The highest BCUT2D eigenvalue weighted by Gasteiger charge is 2.28. The van der Waals surface area contributed by atoms with Crippen molar-refractivity contribution in [2.24, 2.45) is 5.92 Å². The number of carbonyl (C=O) groups excluding carboxylic acids is 1. The molecule has 0 saturated carbocycles. The van der Waals surface area contributed by atoms with Gasteiger partial charge in [-0.1, -0.05) is 0 Å². The molecule has 21 heavy (non-hydrogen) atoms. The van der Waals surface area contributed by atoms with Crippen molar-refractivity contribution >= 4 is 5.91 Å². The first-order valence-corrected chi connectivity index (χ1v) is 8.33. The van der Waals surface area contributed by atoms with Gasteiger partial charge in [0.25, 0.3) is 0 Å². The van der Waals surface area contributed by atoms with E-state index >= 15 is 0 Å². The second kappa shape index (κ2) is 6.22. The molecular weight excluding hydrogens is 262 g/mol. The molecule has 0 aromatic carbocycles. The number of fused-ring (bicyclic) bond motifs is 1. The number of aryl methyl sites for hydroxylation is 1. The average Bonchev–Trinajstić information content (AvgIpc) is 2.89. The van der Waals surface area contributed by atoms with Gasteiger partial charge in [-0.2, -0.15) is 0 Å². The van der Waals surface area contributed by atoms with E-state index in [9.17, 15) is 4.79 Å². The Labute approximate surface area is 127 Å². The summed E-state index contributed by atoms with van der Waals surface area (Å²) in [5.74, 6) is 1.02. The van der Waals surface area contributed by atoms with E-state index in [2.05, 4.69) is 40.8 Å². The maximum absolute atomic E-state index is 12.6. The number of rotatable bonds is 3. The normalized spacial score (nSPS) is 25.7. The predicted molar refractivity (Wildman–Crippen MR) is 84.1 cm³/mol. The lowest BCUT2D eigenvalue weighted by atomic mass is 9.94. The van der Waals surface area contributed by atoms with Gasteiger partial charge in [-0.3, -0.25) is 4.79 Å². The molecule has 2 aliphatic rings. The summed E-state index contributed by atoms with van der Waals surface area (Å²) in [6.45, 7) is 8.32. The van der Waals surface area contributed by atoms with Crippen LogP contribution in [-0.4, -0.2) is 35.0 Å². The molecule has 2 aliphatic heterocycles. The molecule has 0 aliphatic carbocycles. The zero-order valence-electron chi connectivity index (χ0n) is 13.3. The molecule has 4 nitrogen and oxygen atoms in total. The number of nitrogens with one attached hydrogen (secondary N) is 1. The zero-order chi connectivity index (χ0) is 14.8. The fourth-order valence-corrected chi connectivity index (χ4v) is 3.80. The minimum atomic E-state index is 0.212. The smallest absolute Gasteiger partial charge is 0.223 e. The van der Waals surface area contributed by atoms with E-state index in [0.717, 1.165) is 32.6 Å². The summed E-state index contributed by atoms with van der Waals surface area (Å²) in [4.78, 5) is 14.6. The van der Waals surface area contributed by atoms with Gasteiger partial charge in [0.15, 0.2) is 0 Å². The van der Waals surface area contributed by atoms with Crippen LogP contribution in [-0.2, 0) is 11.3 Å². The number of hydrogen-bond donors (Lipinski definition) is 1. The van der Waals surface area contributed by atoms with Crippen molar-refractivity contribution in [3.05, 3.63) is 23.5 Å². The van der Waals surface area contributed by atoms with Crippen molar-refractivity contribution in [1.82, 2.24) is 14.8 Å². The van der Waals surface area contributed by atoms with E-state index in [-0.39, 0.29) is 6.04 Å². The van der Waals surface area contributed by atoms with Crippen LogP contribution in [0.15, 0.2) is 12.1 Å². The number of piperidine rings is 1. The molecule has 0 bridgehead atoms. The van der Waals surface area contributed by atoms with Gasteiger partial charge in [-0.05, 0) is 64.3 Å². The Morgan fingerprint density at radius 2 is 2.24 bits per heavy atom. The van der Waals surface area contributed by atoms with Crippen molar-refractivity contribution in [3.63, 3.8) is 0 Å². The van der Waals surface area contributed by atoms with Crippen molar-refractivity contribution in [2.75, 3.05) is 19.6 Å². The average molecular weight is 289 g/mol. The topological polar surface area (TPSA) is 37.3 Å². The molecule has 1 fully saturated rings. The second-order valence-corrected chi connectivity index (χ2v) is 6.57. The fourth-order valence-electron chi connectivity index (χ4n) is 3.80. The van der Waals surface area contributed by atoms with E-state index < -0.39 is 0 Å². The fraction of sp³-hybridized carbons (Fsp3) is 0.706. The van der Waals surface area contributed by atoms with Crippen LogP contribution in [0, 0.1) is 12.8 Å². The minimum absolute atomic E-state index is 0.212. The minimum Gasteiger partial charge on any atom is -0.345 e. The summed E-state index contributed by atoms with van der Waals surface area (Å²) in [5, 5.41) is 3.43. The van der Waals surface area contributed by atoms with E-state index in [1.807, 2.05) is 0 Å². The summed E-state index contributed by atoms with van der Waals surface area (Å²) in [6, 6.07) is 4.54. The molecule has 0 spiro atoms. The second-order valence-electron chi connectivity index (χ2n) is 6.57. The van der Waals surface area contributed by atoms with Crippen molar-refractivity contribution < 1.29 is 4.79 Å². The van der Waals surface area contributed by atoms with Crippen LogP contribution in [0.5, 0.6) is 0 Å². The van der Waals surface area contributed by atoms with Gasteiger partial charge in [-0.25, -0.2) is 0 Å². The lowest BCUT2D eigenvalue weighted by Gasteiger charge is -2.36. The molecule has 2 unspecified atom stereocenters. The molecular formula is C17H27N3O. The van der Waals surface area contributed by atoms with Gasteiger partial charge in [0.2, 0.25) is 5.91 Å². The molecule has 4 heteroatoms. The van der Waals surface area contributed by atoms with Crippen LogP contribution in [0.4, 0.5) is 0 Å². The predicted octanol–water partition coefficient (Wildman–Crippen LogP) is 2.48. The molecule has 3 rings (SSSR count). The zero-order valence-corrected chi connectivity index (χ0v) is 13.3. The Morgan fingerprint density at radius 3 is 3.00 bits per heavy atom. The number of hydrogen-bond acceptors (Lipinski definition) is 2. The first-order chi connectivity index (χ1) is 10.2. The van der Waals surface area contributed by atoms with Gasteiger partial charge in [0.05, 0.1) is 6.04 Å². The summed E-state index contributed by atoms with van der Waals surface area (Å²) in [7, 11) is 0. The Bertz CT molecular complexity index is 502. The monoisotopic (exact) mass is 289 g/mol. The van der Waals surface area contributed by atoms with Crippen LogP contribution in [0.25, 0.3) is 0 Å². The summed E-state index contributed by atoms with van der Waals surface area (Å²) in [5.41, 5.74) is 2.59. The van der Waals surface area contributed by atoms with Crippen molar-refractivity contribution in [1.29, 1.82) is 0 Å². The summed E-state index contributed by atoms with van der Waals surface area (Å²) >= 11 is 0. The lowest BCUT2D eigenvalue weighted by Crippen LogP contribution is -2.41. The lowest BCUT2D eigenvalue weighted by molar-refractivity contribution is -0.134. The molecule has 1 aromatic heterocycles. The quantitative estimate of drug-likeness (QED) is 0.928. The standard InChI is InChI=1S/C17H27N3O/c1-13-5-7-16-14(2)20(11-10-19(13)16)17(21)8-6-15-4-3-9-18-12-15/h5,7,14-15,18H,3-4,6,8-12H2,1-2H3. The first kappa shape index (κ1) is 14.6. The van der Waals surface area contributed by atoms with Gasteiger partial charge in [0.1, 0.15) is 0 Å². The molecule has 116 valence electrons. The maximum atomic E-state index is 12.6. The Hall–Kier alpha value is -1.29. The van der Waals surface area contributed by atoms with Gasteiger partial charge >= 0.3 is 0 Å².